The number of anilines is 2. The molecular weight excluding hydrogens is 334 g/mol. The summed E-state index contributed by atoms with van der Waals surface area (Å²) in [7, 11) is 1.87. The molecule has 1 heterocycles. The number of fused-ring (bicyclic) bond motifs is 2. The van der Waals surface area contributed by atoms with Gasteiger partial charge in [-0.15, -0.1) is 11.3 Å². The van der Waals surface area contributed by atoms with Crippen molar-refractivity contribution >= 4 is 33.7 Å². The maximum Gasteiger partial charge on any atom is 0.194 e. The zero-order chi connectivity index (χ0) is 17.4. The van der Waals surface area contributed by atoms with E-state index in [2.05, 4.69) is 15.6 Å². The molecule has 0 unspecified atom stereocenters. The molecule has 25 heavy (non-hydrogen) atoms. The summed E-state index contributed by atoms with van der Waals surface area (Å²) in [5, 5.41) is 8.99. The van der Waals surface area contributed by atoms with Crippen LogP contribution < -0.4 is 10.6 Å². The predicted molar refractivity (Wildman–Crippen MR) is 97.9 cm³/mol. The molecule has 5 nitrogen and oxygen atoms in total. The molecule has 4 rings (SSSR count). The normalized spacial score (nSPS) is 12.7. The van der Waals surface area contributed by atoms with Crippen molar-refractivity contribution in [3.8, 4) is 0 Å². The van der Waals surface area contributed by atoms with E-state index in [1.165, 1.54) is 11.3 Å². The molecule has 2 aromatic carbocycles. The largest absolute Gasteiger partial charge is 0.332 e. The minimum Gasteiger partial charge on any atom is -0.332 e. The van der Waals surface area contributed by atoms with Gasteiger partial charge in [0.15, 0.2) is 16.7 Å². The number of carbonyl (C=O) groups is 2. The number of thiazole rings is 1. The Morgan fingerprint density at radius 1 is 0.960 bits per heavy atom. The van der Waals surface area contributed by atoms with Gasteiger partial charge in [0, 0.05) is 39.9 Å². The van der Waals surface area contributed by atoms with Crippen molar-refractivity contribution in [1.82, 2.24) is 10.3 Å². The lowest BCUT2D eigenvalue weighted by atomic mass is 9.84. The first-order valence-electron chi connectivity index (χ1n) is 7.86. The topological polar surface area (TPSA) is 71.1 Å². The number of hydrogen-bond donors (Lipinski definition) is 2. The van der Waals surface area contributed by atoms with E-state index in [4.69, 9.17) is 0 Å². The van der Waals surface area contributed by atoms with Crippen LogP contribution in [0.1, 0.15) is 37.5 Å². The highest BCUT2D eigenvalue weighted by atomic mass is 32.1. The fourth-order valence-electron chi connectivity index (χ4n) is 2.93. The Labute approximate surface area is 148 Å². The number of hydrogen-bond acceptors (Lipinski definition) is 6. The summed E-state index contributed by atoms with van der Waals surface area (Å²) >= 11 is 1.50. The van der Waals surface area contributed by atoms with Crippen molar-refractivity contribution < 1.29 is 9.59 Å². The van der Waals surface area contributed by atoms with E-state index in [1.807, 2.05) is 12.4 Å². The minimum atomic E-state index is -0.121. The number of nitrogens with one attached hydrogen (secondary N) is 2. The standard InChI is InChI=1S/C19H15N3O2S/c1-20-9-12-10-25-19(22-12)21-11-6-7-15-16(8-11)18(24)14-5-3-2-4-13(14)17(15)23/h2-8,10,20H,9H2,1H3,(H,21,22). The van der Waals surface area contributed by atoms with Crippen LogP contribution in [0.25, 0.3) is 0 Å². The van der Waals surface area contributed by atoms with E-state index in [0.29, 0.717) is 28.8 Å². The summed E-state index contributed by atoms with van der Waals surface area (Å²) in [4.78, 5) is 29.8. The SMILES string of the molecule is CNCc1csc(Nc2ccc3c(c2)C(=O)c2ccccc2C3=O)n1. The summed E-state index contributed by atoms with van der Waals surface area (Å²) in [6.07, 6.45) is 0. The van der Waals surface area contributed by atoms with E-state index in [0.717, 1.165) is 16.5 Å². The lowest BCUT2D eigenvalue weighted by molar-refractivity contribution is 0.0979. The van der Waals surface area contributed by atoms with E-state index < -0.39 is 0 Å². The van der Waals surface area contributed by atoms with Gasteiger partial charge in [-0.1, -0.05) is 24.3 Å². The molecule has 0 atom stereocenters. The monoisotopic (exact) mass is 349 g/mol. The highest BCUT2D eigenvalue weighted by molar-refractivity contribution is 7.13. The van der Waals surface area contributed by atoms with Crippen LogP contribution in [0.2, 0.25) is 0 Å². The molecule has 0 saturated heterocycles. The number of rotatable bonds is 4. The quantitative estimate of drug-likeness (QED) is 0.591. The molecule has 0 aliphatic heterocycles. The van der Waals surface area contributed by atoms with Crippen molar-refractivity contribution in [2.45, 2.75) is 6.54 Å². The highest BCUT2D eigenvalue weighted by Gasteiger charge is 2.29. The second-order valence-electron chi connectivity index (χ2n) is 5.76. The number of nitrogens with zero attached hydrogens (tertiary/aromatic N) is 1. The summed E-state index contributed by atoms with van der Waals surface area (Å²) in [5.74, 6) is -0.230. The average Bonchev–Trinajstić information content (AvgIpc) is 3.07. The zero-order valence-corrected chi connectivity index (χ0v) is 14.3. The Morgan fingerprint density at radius 3 is 2.36 bits per heavy atom. The second kappa shape index (κ2) is 6.23. The molecule has 1 aliphatic rings. The van der Waals surface area contributed by atoms with Crippen molar-refractivity contribution in [2.75, 3.05) is 12.4 Å². The molecule has 0 spiro atoms. The van der Waals surface area contributed by atoms with Crippen LogP contribution in [0.5, 0.6) is 0 Å². The van der Waals surface area contributed by atoms with Gasteiger partial charge in [0.05, 0.1) is 5.69 Å². The molecule has 3 aromatic rings. The van der Waals surface area contributed by atoms with Gasteiger partial charge in [-0.2, -0.15) is 0 Å². The molecule has 0 bridgehead atoms. The van der Waals surface area contributed by atoms with E-state index in [9.17, 15) is 9.59 Å². The maximum absolute atomic E-state index is 12.7. The van der Waals surface area contributed by atoms with Gasteiger partial charge >= 0.3 is 0 Å². The van der Waals surface area contributed by atoms with E-state index in [-0.39, 0.29) is 11.6 Å². The fourth-order valence-corrected chi connectivity index (χ4v) is 3.66. The van der Waals surface area contributed by atoms with Gasteiger partial charge in [0.2, 0.25) is 0 Å². The number of carbonyl (C=O) groups excluding carboxylic acids is 2. The minimum absolute atomic E-state index is 0.109. The van der Waals surface area contributed by atoms with Crippen LogP contribution >= 0.6 is 11.3 Å². The van der Waals surface area contributed by atoms with Crippen molar-refractivity contribution in [3.63, 3.8) is 0 Å². The molecule has 6 heteroatoms. The molecule has 0 fully saturated rings. The molecule has 0 saturated carbocycles. The van der Waals surface area contributed by atoms with Gasteiger partial charge < -0.3 is 10.6 Å². The summed E-state index contributed by atoms with van der Waals surface area (Å²) < 4.78 is 0. The molecule has 2 N–H and O–H groups in total. The van der Waals surface area contributed by atoms with Crippen LogP contribution in [0, 0.1) is 0 Å². The third kappa shape index (κ3) is 2.75. The third-order valence-electron chi connectivity index (χ3n) is 4.09. The second-order valence-corrected chi connectivity index (χ2v) is 6.62. The Hall–Kier alpha value is -2.83. The lowest BCUT2D eigenvalue weighted by Gasteiger charge is -2.18. The zero-order valence-electron chi connectivity index (χ0n) is 13.5. The van der Waals surface area contributed by atoms with Gasteiger partial charge in [-0.25, -0.2) is 4.98 Å². The predicted octanol–water partition coefficient (Wildman–Crippen LogP) is 3.38. The van der Waals surface area contributed by atoms with Crippen molar-refractivity contribution in [2.24, 2.45) is 0 Å². The summed E-state index contributed by atoms with van der Waals surface area (Å²) in [6, 6.07) is 12.2. The number of aromatic nitrogens is 1. The molecule has 1 aliphatic carbocycles. The maximum atomic E-state index is 12.7. The van der Waals surface area contributed by atoms with Crippen molar-refractivity contribution in [3.05, 3.63) is 75.8 Å². The average molecular weight is 349 g/mol. The molecule has 0 amide bonds. The summed E-state index contributed by atoms with van der Waals surface area (Å²) in [5.41, 5.74) is 3.50. The first-order chi connectivity index (χ1) is 12.2. The Kier molecular flexibility index (Phi) is 3.91. The van der Waals surface area contributed by atoms with Crippen LogP contribution in [-0.2, 0) is 6.54 Å². The van der Waals surface area contributed by atoms with Crippen LogP contribution in [-0.4, -0.2) is 23.6 Å². The van der Waals surface area contributed by atoms with Crippen LogP contribution in [0.4, 0.5) is 10.8 Å². The van der Waals surface area contributed by atoms with Crippen LogP contribution in [0.3, 0.4) is 0 Å². The smallest absolute Gasteiger partial charge is 0.194 e. The van der Waals surface area contributed by atoms with E-state index in [1.54, 1.807) is 42.5 Å². The number of benzene rings is 2. The Bertz CT molecular complexity index is 994. The molecule has 124 valence electrons. The fraction of sp³-hybridized carbons (Fsp3) is 0.105. The number of ketones is 2. The third-order valence-corrected chi connectivity index (χ3v) is 4.89. The first kappa shape index (κ1) is 15.7. The van der Waals surface area contributed by atoms with E-state index >= 15 is 0 Å². The first-order valence-corrected chi connectivity index (χ1v) is 8.74. The van der Waals surface area contributed by atoms with Gasteiger partial charge in [-0.05, 0) is 25.2 Å². The lowest BCUT2D eigenvalue weighted by Crippen LogP contribution is -2.20. The van der Waals surface area contributed by atoms with Gasteiger partial charge in [0.25, 0.3) is 0 Å². The molecule has 1 aromatic heterocycles. The molecular formula is C19H15N3O2S. The van der Waals surface area contributed by atoms with Crippen molar-refractivity contribution in [1.29, 1.82) is 0 Å². The van der Waals surface area contributed by atoms with Crippen LogP contribution in [0.15, 0.2) is 47.8 Å². The van der Waals surface area contributed by atoms with Gasteiger partial charge in [0.1, 0.15) is 0 Å². The Morgan fingerprint density at radius 2 is 1.64 bits per heavy atom. The summed E-state index contributed by atoms with van der Waals surface area (Å²) in [6.45, 7) is 0.701. The van der Waals surface area contributed by atoms with Gasteiger partial charge in [-0.3, -0.25) is 9.59 Å². The molecule has 0 radical (unpaired) electrons. The Balaban J connectivity index is 1.67. The highest BCUT2D eigenvalue weighted by Crippen LogP contribution is 2.30.